The van der Waals surface area contributed by atoms with E-state index in [1.54, 1.807) is 0 Å². The van der Waals surface area contributed by atoms with Crippen LogP contribution in [-0.4, -0.2) is 18.1 Å². The van der Waals surface area contributed by atoms with Crippen LogP contribution >= 0.6 is 23.2 Å². The Bertz CT molecular complexity index is 59.0. The summed E-state index contributed by atoms with van der Waals surface area (Å²) in [6.45, 7) is 2.62. The van der Waals surface area contributed by atoms with Crippen molar-refractivity contribution in [3.05, 3.63) is 0 Å². The van der Waals surface area contributed by atoms with Gasteiger partial charge in [-0.2, -0.15) is 0 Å². The molecule has 0 heterocycles. The van der Waals surface area contributed by atoms with Gasteiger partial charge in [-0.15, -0.1) is 11.6 Å². The van der Waals surface area contributed by atoms with E-state index < -0.39 is 0 Å². The smallest absolute Gasteiger partial charge is 0.131 e. The summed E-state index contributed by atoms with van der Waals surface area (Å²) in [6.07, 6.45) is 1.95. The van der Waals surface area contributed by atoms with Crippen molar-refractivity contribution < 1.29 is 4.74 Å². The molecule has 0 amide bonds. The Labute approximate surface area is 66.3 Å². The minimum Gasteiger partial charge on any atom is -0.361 e. The first-order chi connectivity index (χ1) is 4.31. The predicted octanol–water partition coefficient (Wildman–Crippen LogP) is 2.61. The monoisotopic (exact) mass is 170 g/mol. The van der Waals surface area contributed by atoms with Crippen molar-refractivity contribution in [3.63, 3.8) is 0 Å². The Morgan fingerprint density at radius 1 is 1.56 bits per heavy atom. The molecule has 56 valence electrons. The maximum atomic E-state index is 5.68. The van der Waals surface area contributed by atoms with Crippen LogP contribution in [0.25, 0.3) is 0 Å². The number of rotatable bonds is 5. The van der Waals surface area contributed by atoms with Crippen LogP contribution in [0.3, 0.4) is 0 Å². The third kappa shape index (κ3) is 6.42. The number of halogens is 2. The zero-order valence-corrected chi connectivity index (χ0v) is 7.08. The van der Waals surface area contributed by atoms with Crippen molar-refractivity contribution in [2.75, 3.05) is 12.5 Å². The highest BCUT2D eigenvalue weighted by Gasteiger charge is 1.99. The highest BCUT2D eigenvalue weighted by atomic mass is 35.5. The van der Waals surface area contributed by atoms with Gasteiger partial charge in [0.1, 0.15) is 5.56 Å². The molecule has 9 heavy (non-hydrogen) atoms. The summed E-state index contributed by atoms with van der Waals surface area (Å²) in [4.78, 5) is 0. The molecule has 0 aromatic rings. The van der Waals surface area contributed by atoms with E-state index in [4.69, 9.17) is 27.9 Å². The first-order valence-corrected chi connectivity index (χ1v) is 4.10. The summed E-state index contributed by atoms with van der Waals surface area (Å²) in [5.74, 6) is 0.521. The van der Waals surface area contributed by atoms with Gasteiger partial charge in [0.2, 0.25) is 0 Å². The second-order valence-corrected chi connectivity index (χ2v) is 2.62. The molecular formula is C6H12Cl2O. The number of ether oxygens (including phenoxy) is 1. The van der Waals surface area contributed by atoms with Crippen LogP contribution in [0, 0.1) is 0 Å². The third-order valence-electron chi connectivity index (χ3n) is 0.891. The lowest BCUT2D eigenvalue weighted by atomic mass is 10.4. The van der Waals surface area contributed by atoms with Gasteiger partial charge in [0, 0.05) is 5.88 Å². The molecule has 0 fully saturated rings. The minimum atomic E-state index is -0.145. The van der Waals surface area contributed by atoms with Gasteiger partial charge in [-0.25, -0.2) is 0 Å². The third-order valence-corrected chi connectivity index (χ3v) is 1.39. The molecular weight excluding hydrogens is 159 g/mol. The van der Waals surface area contributed by atoms with Crippen LogP contribution < -0.4 is 0 Å². The standard InChI is InChI=1S/C6H12Cl2O/c1-2-3-6(8)9-5-4-7/h6H,2-5H2,1H3. The number of hydrogen-bond donors (Lipinski definition) is 0. The van der Waals surface area contributed by atoms with E-state index in [1.165, 1.54) is 0 Å². The topological polar surface area (TPSA) is 9.23 Å². The molecule has 3 heteroatoms. The molecule has 0 rings (SSSR count). The molecule has 0 radical (unpaired) electrons. The Kier molecular flexibility index (Phi) is 7.06. The molecule has 0 bridgehead atoms. The normalized spacial score (nSPS) is 13.7. The quantitative estimate of drug-likeness (QED) is 0.577. The molecule has 1 unspecified atom stereocenters. The van der Waals surface area contributed by atoms with Gasteiger partial charge in [0.25, 0.3) is 0 Å². The van der Waals surface area contributed by atoms with Crippen molar-refractivity contribution in [3.8, 4) is 0 Å². The van der Waals surface area contributed by atoms with Crippen molar-refractivity contribution in [1.29, 1.82) is 0 Å². The lowest BCUT2D eigenvalue weighted by Gasteiger charge is -2.06. The molecule has 0 aliphatic rings. The Morgan fingerprint density at radius 2 is 2.22 bits per heavy atom. The summed E-state index contributed by atoms with van der Waals surface area (Å²) in [5, 5.41) is 0. The number of alkyl halides is 2. The van der Waals surface area contributed by atoms with Crippen molar-refractivity contribution in [2.24, 2.45) is 0 Å². The largest absolute Gasteiger partial charge is 0.361 e. The van der Waals surface area contributed by atoms with E-state index in [2.05, 4.69) is 6.92 Å². The van der Waals surface area contributed by atoms with E-state index in [0.29, 0.717) is 12.5 Å². The molecule has 0 saturated carbocycles. The van der Waals surface area contributed by atoms with E-state index in [-0.39, 0.29) is 5.56 Å². The second-order valence-electron chi connectivity index (χ2n) is 1.76. The molecule has 1 nitrogen and oxygen atoms in total. The fraction of sp³-hybridized carbons (Fsp3) is 1.00. The van der Waals surface area contributed by atoms with E-state index >= 15 is 0 Å². The summed E-state index contributed by atoms with van der Waals surface area (Å²) >= 11 is 11.0. The van der Waals surface area contributed by atoms with Gasteiger partial charge >= 0.3 is 0 Å². The fourth-order valence-electron chi connectivity index (χ4n) is 0.483. The number of hydrogen-bond acceptors (Lipinski definition) is 1. The van der Waals surface area contributed by atoms with Gasteiger partial charge in [-0.3, -0.25) is 0 Å². The summed E-state index contributed by atoms with van der Waals surface area (Å²) < 4.78 is 5.07. The summed E-state index contributed by atoms with van der Waals surface area (Å²) in [7, 11) is 0. The van der Waals surface area contributed by atoms with Crippen LogP contribution in [0.5, 0.6) is 0 Å². The molecule has 0 aliphatic carbocycles. The predicted molar refractivity (Wildman–Crippen MR) is 41.2 cm³/mol. The SMILES string of the molecule is CCCC(Cl)OCCCl. The van der Waals surface area contributed by atoms with E-state index in [9.17, 15) is 0 Å². The average Bonchev–Trinajstić information content (AvgIpc) is 1.85. The van der Waals surface area contributed by atoms with Crippen molar-refractivity contribution in [2.45, 2.75) is 25.3 Å². The molecule has 0 aromatic heterocycles. The van der Waals surface area contributed by atoms with Crippen molar-refractivity contribution in [1.82, 2.24) is 0 Å². The van der Waals surface area contributed by atoms with Crippen molar-refractivity contribution >= 4 is 23.2 Å². The minimum absolute atomic E-state index is 0.145. The lowest BCUT2D eigenvalue weighted by molar-refractivity contribution is 0.115. The maximum Gasteiger partial charge on any atom is 0.131 e. The van der Waals surface area contributed by atoms with Crippen LogP contribution in [0.2, 0.25) is 0 Å². The van der Waals surface area contributed by atoms with Gasteiger partial charge in [0.15, 0.2) is 0 Å². The molecule has 0 aromatic carbocycles. The van der Waals surface area contributed by atoms with E-state index in [0.717, 1.165) is 12.8 Å². The van der Waals surface area contributed by atoms with Crippen LogP contribution in [0.1, 0.15) is 19.8 Å². The summed E-state index contributed by atoms with van der Waals surface area (Å²) in [6, 6.07) is 0. The van der Waals surface area contributed by atoms with Crippen LogP contribution in [0.4, 0.5) is 0 Å². The lowest BCUT2D eigenvalue weighted by Crippen LogP contribution is -2.06. The Balaban J connectivity index is 2.95. The van der Waals surface area contributed by atoms with E-state index in [1.807, 2.05) is 0 Å². The fourth-order valence-corrected chi connectivity index (χ4v) is 0.879. The zero-order valence-electron chi connectivity index (χ0n) is 5.57. The molecule has 0 aliphatic heterocycles. The first kappa shape index (κ1) is 9.54. The zero-order chi connectivity index (χ0) is 7.11. The van der Waals surface area contributed by atoms with Crippen LogP contribution in [0.15, 0.2) is 0 Å². The molecule has 1 atom stereocenters. The first-order valence-electron chi connectivity index (χ1n) is 3.13. The molecule has 0 N–H and O–H groups in total. The Hall–Kier alpha value is 0.540. The van der Waals surface area contributed by atoms with Gasteiger partial charge < -0.3 is 4.74 Å². The summed E-state index contributed by atoms with van der Waals surface area (Å²) in [5.41, 5.74) is -0.145. The van der Waals surface area contributed by atoms with Gasteiger partial charge in [-0.1, -0.05) is 24.9 Å². The highest BCUT2D eigenvalue weighted by Crippen LogP contribution is 2.05. The average molecular weight is 171 g/mol. The van der Waals surface area contributed by atoms with Crippen LogP contribution in [-0.2, 0) is 4.74 Å². The van der Waals surface area contributed by atoms with Gasteiger partial charge in [0.05, 0.1) is 6.61 Å². The Morgan fingerprint density at radius 3 is 2.67 bits per heavy atom. The molecule has 0 saturated heterocycles. The van der Waals surface area contributed by atoms with Gasteiger partial charge in [-0.05, 0) is 6.42 Å². The highest BCUT2D eigenvalue weighted by molar-refractivity contribution is 6.19. The second kappa shape index (κ2) is 6.66. The molecule has 0 spiro atoms. The maximum absolute atomic E-state index is 5.68.